The van der Waals surface area contributed by atoms with Crippen LogP contribution in [0.15, 0.2) is 0 Å². The Bertz CT molecular complexity index is 576. The number of rotatable bonds is 2. The van der Waals surface area contributed by atoms with E-state index in [1.54, 1.807) is 4.68 Å². The van der Waals surface area contributed by atoms with Crippen LogP contribution in [0.1, 0.15) is 47.9 Å². The van der Waals surface area contributed by atoms with Crippen molar-refractivity contribution in [1.82, 2.24) is 14.7 Å². The molecule has 2 unspecified atom stereocenters. The van der Waals surface area contributed by atoms with Gasteiger partial charge in [-0.1, -0.05) is 13.3 Å². The van der Waals surface area contributed by atoms with Crippen molar-refractivity contribution in [2.24, 2.45) is 18.9 Å². The normalized spacial score (nSPS) is 29.8. The number of nitrogens with zero attached hydrogens (tertiary/aromatic N) is 3. The summed E-state index contributed by atoms with van der Waals surface area (Å²) in [7, 11) is 1.86. The lowest BCUT2D eigenvalue weighted by Crippen LogP contribution is -2.48. The fourth-order valence-electron chi connectivity index (χ4n) is 3.85. The predicted molar refractivity (Wildman–Crippen MR) is 80.0 cm³/mol. The van der Waals surface area contributed by atoms with Gasteiger partial charge in [-0.05, 0) is 32.6 Å². The summed E-state index contributed by atoms with van der Waals surface area (Å²) in [4.78, 5) is 14.6. The standard InChI is InChI=1S/C16H25N3O2/c1-10-8-19(9-16(10,21)13-6-5-7-13)15(20)14-11(2)17-18(4)12(14)3/h10,13,21H,5-9H2,1-4H3. The minimum Gasteiger partial charge on any atom is -0.387 e. The maximum absolute atomic E-state index is 12.8. The third-order valence-corrected chi connectivity index (χ3v) is 5.61. The van der Waals surface area contributed by atoms with E-state index < -0.39 is 5.60 Å². The number of β-amino-alcohol motifs (C(OH)–C–C–N with tert-alkyl or cyclic N) is 1. The number of carbonyl (C=O) groups is 1. The van der Waals surface area contributed by atoms with Gasteiger partial charge in [0, 0.05) is 25.2 Å². The molecule has 1 aromatic heterocycles. The smallest absolute Gasteiger partial charge is 0.257 e. The minimum absolute atomic E-state index is 0.0141. The van der Waals surface area contributed by atoms with Crippen molar-refractivity contribution in [3.05, 3.63) is 17.0 Å². The fourth-order valence-corrected chi connectivity index (χ4v) is 3.85. The number of likely N-dealkylation sites (tertiary alicyclic amines) is 1. The number of aliphatic hydroxyl groups is 1. The summed E-state index contributed by atoms with van der Waals surface area (Å²) in [5.74, 6) is 0.519. The molecule has 0 bridgehead atoms. The Morgan fingerprint density at radius 3 is 2.52 bits per heavy atom. The van der Waals surface area contributed by atoms with Gasteiger partial charge in [0.05, 0.1) is 23.4 Å². The third-order valence-electron chi connectivity index (χ3n) is 5.61. The highest BCUT2D eigenvalue weighted by Gasteiger charge is 2.51. The lowest BCUT2D eigenvalue weighted by Gasteiger charge is -2.41. The van der Waals surface area contributed by atoms with Gasteiger partial charge in [0.15, 0.2) is 0 Å². The molecule has 1 aromatic rings. The summed E-state index contributed by atoms with van der Waals surface area (Å²) in [6.45, 7) is 6.96. The van der Waals surface area contributed by atoms with E-state index in [2.05, 4.69) is 12.0 Å². The van der Waals surface area contributed by atoms with E-state index >= 15 is 0 Å². The second-order valence-electron chi connectivity index (χ2n) is 6.88. The lowest BCUT2D eigenvalue weighted by atomic mass is 9.69. The second-order valence-corrected chi connectivity index (χ2v) is 6.88. The Morgan fingerprint density at radius 2 is 2.05 bits per heavy atom. The van der Waals surface area contributed by atoms with Crippen molar-refractivity contribution < 1.29 is 9.90 Å². The van der Waals surface area contributed by atoms with Crippen molar-refractivity contribution in [2.45, 2.75) is 45.6 Å². The van der Waals surface area contributed by atoms with Gasteiger partial charge in [-0.2, -0.15) is 5.10 Å². The summed E-state index contributed by atoms with van der Waals surface area (Å²) < 4.78 is 1.75. The van der Waals surface area contributed by atoms with Crippen LogP contribution in [0, 0.1) is 25.7 Å². The molecule has 1 aliphatic carbocycles. The second kappa shape index (κ2) is 4.83. The fraction of sp³-hybridized carbons (Fsp3) is 0.750. The molecule has 1 aliphatic heterocycles. The molecule has 21 heavy (non-hydrogen) atoms. The monoisotopic (exact) mass is 291 g/mol. The van der Waals surface area contributed by atoms with Gasteiger partial charge in [-0.15, -0.1) is 0 Å². The van der Waals surface area contributed by atoms with E-state index in [9.17, 15) is 9.90 Å². The van der Waals surface area contributed by atoms with Crippen LogP contribution in [0.25, 0.3) is 0 Å². The maximum Gasteiger partial charge on any atom is 0.257 e. The van der Waals surface area contributed by atoms with Crippen molar-refractivity contribution >= 4 is 5.91 Å². The molecule has 5 heteroatoms. The number of aryl methyl sites for hydroxylation is 2. The summed E-state index contributed by atoms with van der Waals surface area (Å²) in [6, 6.07) is 0. The zero-order valence-corrected chi connectivity index (χ0v) is 13.4. The Morgan fingerprint density at radius 1 is 1.38 bits per heavy atom. The van der Waals surface area contributed by atoms with Crippen molar-refractivity contribution in [3.63, 3.8) is 0 Å². The molecule has 3 rings (SSSR count). The maximum atomic E-state index is 12.8. The Hall–Kier alpha value is -1.36. The number of amides is 1. The molecule has 1 amide bonds. The van der Waals surface area contributed by atoms with Gasteiger partial charge in [0.25, 0.3) is 5.91 Å². The van der Waals surface area contributed by atoms with Crippen LogP contribution < -0.4 is 0 Å². The molecule has 2 fully saturated rings. The van der Waals surface area contributed by atoms with Gasteiger partial charge in [-0.25, -0.2) is 0 Å². The lowest BCUT2D eigenvalue weighted by molar-refractivity contribution is -0.0660. The first-order chi connectivity index (χ1) is 9.84. The summed E-state index contributed by atoms with van der Waals surface area (Å²) in [5.41, 5.74) is 1.66. The Labute approximate surface area is 125 Å². The highest BCUT2D eigenvalue weighted by Crippen LogP contribution is 2.44. The van der Waals surface area contributed by atoms with Crippen LogP contribution in [0.2, 0.25) is 0 Å². The zero-order chi connectivity index (χ0) is 15.4. The highest BCUT2D eigenvalue weighted by atomic mass is 16.3. The minimum atomic E-state index is -0.696. The SMILES string of the molecule is Cc1nn(C)c(C)c1C(=O)N1CC(C)C(O)(C2CCC2)C1. The Balaban J connectivity index is 1.83. The van der Waals surface area contributed by atoms with E-state index in [1.165, 1.54) is 6.42 Å². The molecule has 0 radical (unpaired) electrons. The zero-order valence-electron chi connectivity index (χ0n) is 13.4. The van der Waals surface area contributed by atoms with Crippen molar-refractivity contribution in [2.75, 3.05) is 13.1 Å². The topological polar surface area (TPSA) is 58.4 Å². The molecule has 0 spiro atoms. The van der Waals surface area contributed by atoms with Crippen LogP contribution in [0.5, 0.6) is 0 Å². The molecule has 2 heterocycles. The average Bonchev–Trinajstić information content (AvgIpc) is 2.76. The Kier molecular flexibility index (Phi) is 3.35. The summed E-state index contributed by atoms with van der Waals surface area (Å²) in [6.07, 6.45) is 3.39. The van der Waals surface area contributed by atoms with Crippen LogP contribution in [0.3, 0.4) is 0 Å². The summed E-state index contributed by atoms with van der Waals surface area (Å²) in [5, 5.41) is 15.3. The highest BCUT2D eigenvalue weighted by molar-refractivity contribution is 5.96. The van der Waals surface area contributed by atoms with Crippen LogP contribution in [-0.4, -0.2) is 44.4 Å². The van der Waals surface area contributed by atoms with E-state index in [0.29, 0.717) is 24.6 Å². The average molecular weight is 291 g/mol. The molecule has 1 N–H and O–H groups in total. The first kappa shape index (κ1) is 14.6. The van der Waals surface area contributed by atoms with Gasteiger partial charge in [0.2, 0.25) is 0 Å². The van der Waals surface area contributed by atoms with Crippen molar-refractivity contribution in [1.29, 1.82) is 0 Å². The van der Waals surface area contributed by atoms with E-state index in [4.69, 9.17) is 0 Å². The predicted octanol–water partition coefficient (Wildman–Crippen LogP) is 1.66. The number of carbonyl (C=O) groups excluding carboxylic acids is 1. The van der Waals surface area contributed by atoms with Crippen LogP contribution in [0.4, 0.5) is 0 Å². The molecule has 116 valence electrons. The van der Waals surface area contributed by atoms with Crippen LogP contribution in [-0.2, 0) is 7.05 Å². The molecule has 1 saturated carbocycles. The number of aromatic nitrogens is 2. The number of hydrogen-bond acceptors (Lipinski definition) is 3. The third kappa shape index (κ3) is 2.09. The van der Waals surface area contributed by atoms with Crippen molar-refractivity contribution in [3.8, 4) is 0 Å². The molecule has 5 nitrogen and oxygen atoms in total. The molecular weight excluding hydrogens is 266 g/mol. The van der Waals surface area contributed by atoms with Gasteiger partial charge in [-0.3, -0.25) is 9.48 Å². The van der Waals surface area contributed by atoms with Gasteiger partial charge < -0.3 is 10.0 Å². The van der Waals surface area contributed by atoms with Gasteiger partial charge in [0.1, 0.15) is 0 Å². The first-order valence-electron chi connectivity index (χ1n) is 7.86. The summed E-state index contributed by atoms with van der Waals surface area (Å²) >= 11 is 0. The molecular formula is C16H25N3O2. The largest absolute Gasteiger partial charge is 0.387 e. The molecule has 2 atom stereocenters. The van der Waals surface area contributed by atoms with E-state index in [-0.39, 0.29) is 11.8 Å². The quantitative estimate of drug-likeness (QED) is 0.901. The molecule has 1 saturated heterocycles. The number of hydrogen-bond donors (Lipinski definition) is 1. The van der Waals surface area contributed by atoms with E-state index in [0.717, 1.165) is 24.2 Å². The van der Waals surface area contributed by atoms with E-state index in [1.807, 2.05) is 25.8 Å². The first-order valence-corrected chi connectivity index (χ1v) is 7.86. The molecule has 2 aliphatic rings. The van der Waals surface area contributed by atoms with Crippen LogP contribution >= 0.6 is 0 Å². The van der Waals surface area contributed by atoms with Gasteiger partial charge >= 0.3 is 0 Å². The molecule has 0 aromatic carbocycles.